The molecule has 15 heavy (non-hydrogen) atoms. The van der Waals surface area contributed by atoms with Gasteiger partial charge in [-0.25, -0.2) is 0 Å². The second-order valence-corrected chi connectivity index (χ2v) is 4.91. The molecule has 80 valence electrons. The fraction of sp³-hybridized carbons (Fsp3) is 0.727. The molecule has 0 aromatic carbocycles. The van der Waals surface area contributed by atoms with Gasteiger partial charge >= 0.3 is 0 Å². The van der Waals surface area contributed by atoms with Crippen LogP contribution in [0, 0.1) is 5.92 Å². The fourth-order valence-corrected chi connectivity index (χ4v) is 2.09. The van der Waals surface area contributed by atoms with Crippen LogP contribution in [0.3, 0.4) is 0 Å². The second-order valence-electron chi connectivity index (χ2n) is 4.91. The van der Waals surface area contributed by atoms with Crippen molar-refractivity contribution in [2.24, 2.45) is 5.92 Å². The summed E-state index contributed by atoms with van der Waals surface area (Å²) in [6, 6.07) is 0. The maximum absolute atomic E-state index is 11.5. The van der Waals surface area contributed by atoms with E-state index in [1.807, 2.05) is 10.9 Å². The standard InChI is InChI=1S/C11H15N3O/c1-8(15)11(4-5-11)10-7-14(13-12-10)6-9-2-3-9/h7,9H,2-6H2,1H3. The van der Waals surface area contributed by atoms with Crippen molar-refractivity contribution in [2.75, 3.05) is 0 Å². The van der Waals surface area contributed by atoms with Crippen molar-refractivity contribution in [3.63, 3.8) is 0 Å². The lowest BCUT2D eigenvalue weighted by Crippen LogP contribution is -2.17. The molecule has 1 aromatic heterocycles. The molecule has 0 radical (unpaired) electrons. The SMILES string of the molecule is CC(=O)C1(c2cn(CC3CC3)nn2)CC1. The van der Waals surface area contributed by atoms with Crippen LogP contribution in [0.2, 0.25) is 0 Å². The number of aromatic nitrogens is 3. The number of ketones is 1. The molecule has 4 nitrogen and oxygen atoms in total. The molecule has 0 amide bonds. The molecule has 2 saturated carbocycles. The van der Waals surface area contributed by atoms with Gasteiger partial charge in [-0.05, 0) is 38.5 Å². The van der Waals surface area contributed by atoms with Crippen LogP contribution in [0.1, 0.15) is 38.3 Å². The molecule has 0 unspecified atom stereocenters. The van der Waals surface area contributed by atoms with Crippen LogP contribution in [0.25, 0.3) is 0 Å². The summed E-state index contributed by atoms with van der Waals surface area (Å²) in [5.74, 6) is 1.04. The number of hydrogen-bond donors (Lipinski definition) is 0. The Hall–Kier alpha value is -1.19. The van der Waals surface area contributed by atoms with Crippen LogP contribution >= 0.6 is 0 Å². The summed E-state index contributed by atoms with van der Waals surface area (Å²) in [6.45, 7) is 2.63. The molecule has 0 saturated heterocycles. The van der Waals surface area contributed by atoms with Gasteiger partial charge in [0.25, 0.3) is 0 Å². The Morgan fingerprint density at radius 1 is 1.60 bits per heavy atom. The lowest BCUT2D eigenvalue weighted by molar-refractivity contribution is -0.119. The van der Waals surface area contributed by atoms with E-state index >= 15 is 0 Å². The van der Waals surface area contributed by atoms with Gasteiger partial charge in [-0.15, -0.1) is 5.10 Å². The van der Waals surface area contributed by atoms with E-state index in [4.69, 9.17) is 0 Å². The summed E-state index contributed by atoms with van der Waals surface area (Å²) in [7, 11) is 0. The minimum Gasteiger partial charge on any atom is -0.299 e. The first-order valence-corrected chi connectivity index (χ1v) is 5.62. The Balaban J connectivity index is 1.80. The van der Waals surface area contributed by atoms with Gasteiger partial charge < -0.3 is 0 Å². The third-order valence-corrected chi connectivity index (χ3v) is 3.60. The molecule has 0 bridgehead atoms. The summed E-state index contributed by atoms with van der Waals surface area (Å²) in [4.78, 5) is 11.5. The zero-order chi connectivity index (χ0) is 10.5. The van der Waals surface area contributed by atoms with E-state index in [2.05, 4.69) is 10.3 Å². The fourth-order valence-electron chi connectivity index (χ4n) is 2.09. The third kappa shape index (κ3) is 1.48. The first kappa shape index (κ1) is 9.07. The summed E-state index contributed by atoms with van der Waals surface area (Å²) >= 11 is 0. The van der Waals surface area contributed by atoms with Crippen molar-refractivity contribution >= 4 is 5.78 Å². The minimum absolute atomic E-state index is 0.237. The molecule has 1 aromatic rings. The van der Waals surface area contributed by atoms with Gasteiger partial charge in [0.1, 0.15) is 5.78 Å². The van der Waals surface area contributed by atoms with Gasteiger partial charge in [0.15, 0.2) is 0 Å². The highest BCUT2D eigenvalue weighted by molar-refractivity contribution is 5.90. The van der Waals surface area contributed by atoms with Gasteiger partial charge in [-0.3, -0.25) is 9.48 Å². The van der Waals surface area contributed by atoms with Crippen molar-refractivity contribution in [1.29, 1.82) is 0 Å². The quantitative estimate of drug-likeness (QED) is 0.744. The maximum Gasteiger partial charge on any atom is 0.142 e. The first-order chi connectivity index (χ1) is 7.21. The van der Waals surface area contributed by atoms with Crippen LogP contribution in [-0.4, -0.2) is 20.8 Å². The van der Waals surface area contributed by atoms with E-state index < -0.39 is 0 Å². The molecule has 0 spiro atoms. The Labute approximate surface area is 88.7 Å². The lowest BCUT2D eigenvalue weighted by Gasteiger charge is -2.04. The molecular formula is C11H15N3O. The van der Waals surface area contributed by atoms with E-state index in [-0.39, 0.29) is 11.2 Å². The molecule has 3 rings (SSSR count). The average Bonchev–Trinajstić information content (AvgIpc) is 3.07. The summed E-state index contributed by atoms with van der Waals surface area (Å²) < 4.78 is 1.90. The van der Waals surface area contributed by atoms with Crippen molar-refractivity contribution in [2.45, 2.75) is 44.6 Å². The molecule has 4 heteroatoms. The summed E-state index contributed by atoms with van der Waals surface area (Å²) in [6.07, 6.45) is 6.49. The van der Waals surface area contributed by atoms with Crippen molar-refractivity contribution in [3.05, 3.63) is 11.9 Å². The van der Waals surface area contributed by atoms with E-state index in [9.17, 15) is 4.79 Å². The largest absolute Gasteiger partial charge is 0.299 e. The van der Waals surface area contributed by atoms with Crippen molar-refractivity contribution < 1.29 is 4.79 Å². The number of rotatable bonds is 4. The van der Waals surface area contributed by atoms with E-state index in [1.54, 1.807) is 6.92 Å². The predicted octanol–water partition coefficient (Wildman–Crippen LogP) is 1.31. The Morgan fingerprint density at radius 2 is 2.33 bits per heavy atom. The molecule has 2 aliphatic carbocycles. The van der Waals surface area contributed by atoms with Gasteiger partial charge in [0.2, 0.25) is 0 Å². The Kier molecular flexibility index (Phi) is 1.75. The minimum atomic E-state index is -0.262. The second kappa shape index (κ2) is 2.90. The summed E-state index contributed by atoms with van der Waals surface area (Å²) in [5, 5.41) is 8.24. The number of Topliss-reactive ketones (excluding diaryl/α,β-unsaturated/α-hetero) is 1. The monoisotopic (exact) mass is 205 g/mol. The zero-order valence-electron chi connectivity index (χ0n) is 8.94. The Bertz CT molecular complexity index is 402. The molecule has 0 N–H and O–H groups in total. The normalized spacial score (nSPS) is 22.7. The molecule has 2 fully saturated rings. The van der Waals surface area contributed by atoms with E-state index in [0.717, 1.165) is 31.0 Å². The van der Waals surface area contributed by atoms with Crippen LogP contribution < -0.4 is 0 Å². The van der Waals surface area contributed by atoms with Crippen molar-refractivity contribution in [3.8, 4) is 0 Å². The molecular weight excluding hydrogens is 190 g/mol. The Morgan fingerprint density at radius 3 is 2.87 bits per heavy atom. The van der Waals surface area contributed by atoms with Gasteiger partial charge in [-0.2, -0.15) is 0 Å². The lowest BCUT2D eigenvalue weighted by atomic mass is 9.99. The van der Waals surface area contributed by atoms with E-state index in [0.29, 0.717) is 0 Å². The highest BCUT2D eigenvalue weighted by Crippen LogP contribution is 2.47. The number of nitrogens with zero attached hydrogens (tertiary/aromatic N) is 3. The smallest absolute Gasteiger partial charge is 0.142 e. The predicted molar refractivity (Wildman–Crippen MR) is 54.3 cm³/mol. The summed E-state index contributed by atoms with van der Waals surface area (Å²) in [5.41, 5.74) is 0.623. The van der Waals surface area contributed by atoms with Crippen LogP contribution in [0.5, 0.6) is 0 Å². The highest BCUT2D eigenvalue weighted by atomic mass is 16.1. The van der Waals surface area contributed by atoms with Gasteiger partial charge in [-0.1, -0.05) is 5.21 Å². The molecule has 2 aliphatic rings. The van der Waals surface area contributed by atoms with Crippen LogP contribution in [-0.2, 0) is 16.8 Å². The third-order valence-electron chi connectivity index (χ3n) is 3.60. The molecule has 0 aliphatic heterocycles. The number of hydrogen-bond acceptors (Lipinski definition) is 3. The topological polar surface area (TPSA) is 47.8 Å². The number of carbonyl (C=O) groups excluding carboxylic acids is 1. The van der Waals surface area contributed by atoms with Gasteiger partial charge in [0, 0.05) is 12.7 Å². The first-order valence-electron chi connectivity index (χ1n) is 5.62. The van der Waals surface area contributed by atoms with Crippen LogP contribution in [0.4, 0.5) is 0 Å². The van der Waals surface area contributed by atoms with Crippen molar-refractivity contribution in [1.82, 2.24) is 15.0 Å². The molecule has 0 atom stereocenters. The average molecular weight is 205 g/mol. The maximum atomic E-state index is 11.5. The van der Waals surface area contributed by atoms with Crippen LogP contribution in [0.15, 0.2) is 6.20 Å². The molecule has 1 heterocycles. The highest BCUT2D eigenvalue weighted by Gasteiger charge is 2.51. The van der Waals surface area contributed by atoms with E-state index in [1.165, 1.54) is 12.8 Å². The zero-order valence-corrected chi connectivity index (χ0v) is 8.94. The number of carbonyl (C=O) groups is 1. The van der Waals surface area contributed by atoms with Gasteiger partial charge in [0.05, 0.1) is 11.1 Å².